The van der Waals surface area contributed by atoms with Gasteiger partial charge in [0.05, 0.1) is 21.5 Å². The standard InChI is InChI=1S/C59H37NOS/c1-3-19-40(20-4-1)59(41-21-5-2-6-22-41)49-29-11-9-26-47(49)56-50(59)30-16-31-51(56)60(52-32-14-28-46-45-25-10-12-34-54(45)62-58(46)52)42-23-13-18-39(37-42)43-27-15-33-53-55(43)48-36-35-38-17-7-8-24-44(38)57(48)61-53/h1-37H. The molecular formula is C59H37NOS. The molecule has 3 heteroatoms. The number of furan rings is 1. The largest absolute Gasteiger partial charge is 0.455 e. The number of benzene rings is 10. The first-order chi connectivity index (χ1) is 30.8. The van der Waals surface area contributed by atoms with Crippen molar-refractivity contribution in [1.82, 2.24) is 0 Å². The Morgan fingerprint density at radius 1 is 0.435 bits per heavy atom. The van der Waals surface area contributed by atoms with Crippen molar-refractivity contribution in [3.8, 4) is 22.3 Å². The van der Waals surface area contributed by atoms with Gasteiger partial charge in [0.1, 0.15) is 11.2 Å². The van der Waals surface area contributed by atoms with E-state index in [1.807, 2.05) is 11.3 Å². The molecule has 0 saturated heterocycles. The molecule has 1 aliphatic carbocycles. The second-order valence-electron chi connectivity index (χ2n) is 16.3. The Morgan fingerprint density at radius 3 is 1.94 bits per heavy atom. The fourth-order valence-corrected chi connectivity index (χ4v) is 11.8. The molecule has 290 valence electrons. The van der Waals surface area contributed by atoms with Gasteiger partial charge in [-0.25, -0.2) is 0 Å². The Labute approximate surface area is 363 Å². The van der Waals surface area contributed by atoms with E-state index in [9.17, 15) is 0 Å². The zero-order valence-corrected chi connectivity index (χ0v) is 34.4. The Bertz CT molecular complexity index is 3670. The molecule has 0 saturated carbocycles. The van der Waals surface area contributed by atoms with E-state index in [0.29, 0.717) is 0 Å². The molecule has 0 spiro atoms. The molecule has 2 aromatic heterocycles. The topological polar surface area (TPSA) is 16.4 Å². The number of nitrogens with zero attached hydrogens (tertiary/aromatic N) is 1. The summed E-state index contributed by atoms with van der Waals surface area (Å²) in [5.41, 5.74) is 14.5. The molecule has 2 heterocycles. The molecule has 0 fully saturated rings. The van der Waals surface area contributed by atoms with Crippen LogP contribution in [-0.2, 0) is 5.41 Å². The highest BCUT2D eigenvalue weighted by Gasteiger charge is 2.47. The number of fused-ring (bicyclic) bond motifs is 11. The van der Waals surface area contributed by atoms with Crippen LogP contribution >= 0.6 is 11.3 Å². The second kappa shape index (κ2) is 13.7. The molecule has 0 N–H and O–H groups in total. The zero-order chi connectivity index (χ0) is 40.8. The number of hydrogen-bond acceptors (Lipinski definition) is 3. The van der Waals surface area contributed by atoms with Gasteiger partial charge in [0.25, 0.3) is 0 Å². The number of anilines is 3. The van der Waals surface area contributed by atoms with Gasteiger partial charge >= 0.3 is 0 Å². The lowest BCUT2D eigenvalue weighted by Gasteiger charge is -2.34. The monoisotopic (exact) mass is 807 g/mol. The zero-order valence-electron chi connectivity index (χ0n) is 33.6. The highest BCUT2D eigenvalue weighted by atomic mass is 32.1. The Hall–Kier alpha value is -7.72. The molecular weight excluding hydrogens is 771 g/mol. The number of rotatable bonds is 6. The summed E-state index contributed by atoms with van der Waals surface area (Å²) in [6.45, 7) is 0. The summed E-state index contributed by atoms with van der Waals surface area (Å²) in [5.74, 6) is 0. The van der Waals surface area contributed by atoms with Crippen molar-refractivity contribution >= 4 is 81.3 Å². The van der Waals surface area contributed by atoms with E-state index < -0.39 is 5.41 Å². The van der Waals surface area contributed by atoms with Crippen LogP contribution in [0.5, 0.6) is 0 Å². The summed E-state index contributed by atoms with van der Waals surface area (Å²) >= 11 is 1.87. The maximum absolute atomic E-state index is 6.69. The van der Waals surface area contributed by atoms with Crippen molar-refractivity contribution in [2.45, 2.75) is 5.41 Å². The summed E-state index contributed by atoms with van der Waals surface area (Å²) in [6.07, 6.45) is 0. The summed E-state index contributed by atoms with van der Waals surface area (Å²) in [4.78, 5) is 2.53. The average molecular weight is 808 g/mol. The highest BCUT2D eigenvalue weighted by Crippen LogP contribution is 2.60. The molecule has 0 aliphatic heterocycles. The lowest BCUT2D eigenvalue weighted by molar-refractivity contribution is 0.673. The molecule has 12 aromatic rings. The lowest BCUT2D eigenvalue weighted by atomic mass is 9.68. The molecule has 0 amide bonds. The van der Waals surface area contributed by atoms with E-state index in [1.54, 1.807) is 0 Å². The molecule has 1 aliphatic rings. The lowest BCUT2D eigenvalue weighted by Crippen LogP contribution is -2.28. The van der Waals surface area contributed by atoms with Crippen LogP contribution in [0.15, 0.2) is 229 Å². The van der Waals surface area contributed by atoms with Crippen molar-refractivity contribution in [2.24, 2.45) is 0 Å². The van der Waals surface area contributed by atoms with E-state index in [1.165, 1.54) is 58.9 Å². The van der Waals surface area contributed by atoms with Gasteiger partial charge in [-0.1, -0.05) is 182 Å². The van der Waals surface area contributed by atoms with E-state index in [-0.39, 0.29) is 0 Å². The predicted octanol–water partition coefficient (Wildman–Crippen LogP) is 16.6. The number of hydrogen-bond donors (Lipinski definition) is 0. The van der Waals surface area contributed by atoms with Crippen LogP contribution in [0.1, 0.15) is 22.3 Å². The summed E-state index contributed by atoms with van der Waals surface area (Å²) in [5, 5.41) is 7.11. The Balaban J connectivity index is 1.11. The van der Waals surface area contributed by atoms with Crippen molar-refractivity contribution in [3.05, 3.63) is 247 Å². The van der Waals surface area contributed by atoms with Crippen molar-refractivity contribution in [3.63, 3.8) is 0 Å². The van der Waals surface area contributed by atoms with Crippen LogP contribution < -0.4 is 4.90 Å². The van der Waals surface area contributed by atoms with Crippen molar-refractivity contribution in [2.75, 3.05) is 4.90 Å². The van der Waals surface area contributed by atoms with Gasteiger partial charge in [-0.15, -0.1) is 11.3 Å². The fraction of sp³-hybridized carbons (Fsp3) is 0.0169. The van der Waals surface area contributed by atoms with Crippen LogP contribution in [0.4, 0.5) is 17.1 Å². The van der Waals surface area contributed by atoms with Crippen LogP contribution in [0, 0.1) is 0 Å². The highest BCUT2D eigenvalue weighted by molar-refractivity contribution is 7.26. The normalized spacial score (nSPS) is 13.0. The molecule has 0 unspecified atom stereocenters. The molecule has 10 aromatic carbocycles. The first-order valence-corrected chi connectivity index (χ1v) is 22.1. The first kappa shape index (κ1) is 35.1. The molecule has 0 atom stereocenters. The fourth-order valence-electron chi connectivity index (χ4n) is 10.6. The minimum Gasteiger partial charge on any atom is -0.455 e. The first-order valence-electron chi connectivity index (χ1n) is 21.3. The second-order valence-corrected chi connectivity index (χ2v) is 17.4. The average Bonchev–Trinajstić information content (AvgIpc) is 4.02. The van der Waals surface area contributed by atoms with Gasteiger partial charge < -0.3 is 9.32 Å². The van der Waals surface area contributed by atoms with Gasteiger partial charge in [-0.05, 0) is 86.8 Å². The SMILES string of the molecule is c1ccc(C2(c3ccccc3)c3ccccc3-c3c(N(c4cccc(-c5cccc6oc7c8ccccc8ccc7c56)c4)c4cccc5c4sc4ccccc45)cccc32)cc1. The molecule has 0 bridgehead atoms. The van der Waals surface area contributed by atoms with Gasteiger partial charge in [0.2, 0.25) is 0 Å². The van der Waals surface area contributed by atoms with E-state index in [2.05, 4.69) is 229 Å². The van der Waals surface area contributed by atoms with Crippen LogP contribution in [-0.4, -0.2) is 0 Å². The van der Waals surface area contributed by atoms with E-state index in [0.717, 1.165) is 55.5 Å². The summed E-state index contributed by atoms with van der Waals surface area (Å²) < 4.78 is 9.23. The Morgan fingerprint density at radius 2 is 1.08 bits per heavy atom. The van der Waals surface area contributed by atoms with Crippen LogP contribution in [0.3, 0.4) is 0 Å². The van der Waals surface area contributed by atoms with Gasteiger partial charge in [0.15, 0.2) is 0 Å². The Kier molecular flexibility index (Phi) is 7.72. The third kappa shape index (κ3) is 4.97. The van der Waals surface area contributed by atoms with E-state index in [4.69, 9.17) is 4.42 Å². The molecule has 62 heavy (non-hydrogen) atoms. The van der Waals surface area contributed by atoms with Gasteiger partial charge in [-0.3, -0.25) is 0 Å². The maximum atomic E-state index is 6.69. The summed E-state index contributed by atoms with van der Waals surface area (Å²) in [7, 11) is 0. The molecule has 0 radical (unpaired) electrons. The van der Waals surface area contributed by atoms with Crippen molar-refractivity contribution in [1.29, 1.82) is 0 Å². The van der Waals surface area contributed by atoms with Gasteiger partial charge in [-0.2, -0.15) is 0 Å². The number of thiophene rings is 1. The molecule has 13 rings (SSSR count). The third-order valence-electron chi connectivity index (χ3n) is 13.1. The predicted molar refractivity (Wildman–Crippen MR) is 262 cm³/mol. The quantitative estimate of drug-likeness (QED) is 0.166. The smallest absolute Gasteiger partial charge is 0.143 e. The molecule has 2 nitrogen and oxygen atoms in total. The van der Waals surface area contributed by atoms with Crippen LogP contribution in [0.25, 0.3) is 75.1 Å². The minimum atomic E-state index is -0.524. The van der Waals surface area contributed by atoms with Crippen molar-refractivity contribution < 1.29 is 4.42 Å². The summed E-state index contributed by atoms with van der Waals surface area (Å²) in [6, 6.07) is 82.3. The third-order valence-corrected chi connectivity index (χ3v) is 14.3. The van der Waals surface area contributed by atoms with Crippen LogP contribution in [0.2, 0.25) is 0 Å². The minimum absolute atomic E-state index is 0.524. The van der Waals surface area contributed by atoms with Gasteiger partial charge in [0, 0.05) is 42.9 Å². The van der Waals surface area contributed by atoms with E-state index >= 15 is 0 Å². The maximum Gasteiger partial charge on any atom is 0.143 e.